The maximum absolute atomic E-state index is 6.05. The van der Waals surface area contributed by atoms with Crippen LogP contribution in [0.15, 0.2) is 18.2 Å². The first-order chi connectivity index (χ1) is 8.27. The summed E-state index contributed by atoms with van der Waals surface area (Å²) in [7, 11) is 0. The van der Waals surface area contributed by atoms with E-state index in [-0.39, 0.29) is 0 Å². The van der Waals surface area contributed by atoms with Gasteiger partial charge in [-0.05, 0) is 50.4 Å². The molecule has 0 unspecified atom stereocenters. The Balaban J connectivity index is 1.79. The summed E-state index contributed by atoms with van der Waals surface area (Å²) in [5, 5.41) is 4.46. The van der Waals surface area contributed by atoms with E-state index in [9.17, 15) is 0 Å². The molecule has 0 amide bonds. The SMILES string of the molecule is Clc1cccc(OCC[C@@H]2CCCNC2)c1Cl. The fourth-order valence-electron chi connectivity index (χ4n) is 2.10. The van der Waals surface area contributed by atoms with Crippen LogP contribution in [0.4, 0.5) is 0 Å². The number of nitrogens with one attached hydrogen (secondary N) is 1. The Morgan fingerprint density at radius 2 is 2.24 bits per heavy atom. The summed E-state index contributed by atoms with van der Waals surface area (Å²) in [5.41, 5.74) is 0. The normalized spacial score (nSPS) is 20.2. The maximum Gasteiger partial charge on any atom is 0.139 e. The molecule has 0 aromatic heterocycles. The highest BCUT2D eigenvalue weighted by molar-refractivity contribution is 6.42. The van der Waals surface area contributed by atoms with Gasteiger partial charge in [-0.25, -0.2) is 0 Å². The Morgan fingerprint density at radius 3 is 3.00 bits per heavy atom. The van der Waals surface area contributed by atoms with Crippen LogP contribution in [0.1, 0.15) is 19.3 Å². The molecular weight excluding hydrogens is 257 g/mol. The van der Waals surface area contributed by atoms with E-state index < -0.39 is 0 Å². The van der Waals surface area contributed by atoms with E-state index in [2.05, 4.69) is 5.32 Å². The van der Waals surface area contributed by atoms with Gasteiger partial charge < -0.3 is 10.1 Å². The van der Waals surface area contributed by atoms with Gasteiger partial charge >= 0.3 is 0 Å². The van der Waals surface area contributed by atoms with Crippen molar-refractivity contribution < 1.29 is 4.74 Å². The molecule has 0 aliphatic carbocycles. The molecule has 0 radical (unpaired) electrons. The summed E-state index contributed by atoms with van der Waals surface area (Å²) >= 11 is 12.0. The maximum atomic E-state index is 6.05. The minimum absolute atomic E-state index is 0.510. The first-order valence-electron chi connectivity index (χ1n) is 6.05. The van der Waals surface area contributed by atoms with E-state index in [1.54, 1.807) is 6.07 Å². The van der Waals surface area contributed by atoms with Crippen LogP contribution >= 0.6 is 23.2 Å². The first kappa shape index (κ1) is 13.0. The zero-order chi connectivity index (χ0) is 12.1. The number of rotatable bonds is 4. The van der Waals surface area contributed by atoms with Crippen molar-refractivity contribution >= 4 is 23.2 Å². The van der Waals surface area contributed by atoms with Crippen molar-refractivity contribution in [3.63, 3.8) is 0 Å². The second-order valence-electron chi connectivity index (χ2n) is 4.40. The third-order valence-electron chi connectivity index (χ3n) is 3.10. The summed E-state index contributed by atoms with van der Waals surface area (Å²) in [6.07, 6.45) is 3.62. The molecule has 1 aliphatic heterocycles. The first-order valence-corrected chi connectivity index (χ1v) is 6.80. The van der Waals surface area contributed by atoms with Gasteiger partial charge in [0.05, 0.1) is 11.6 Å². The molecule has 2 nitrogen and oxygen atoms in total. The average Bonchev–Trinajstić information content (AvgIpc) is 2.36. The Kier molecular flexibility index (Phi) is 4.96. The molecule has 17 heavy (non-hydrogen) atoms. The number of piperidine rings is 1. The van der Waals surface area contributed by atoms with Gasteiger partial charge in [0, 0.05) is 0 Å². The molecule has 1 fully saturated rings. The molecule has 0 saturated carbocycles. The molecular formula is C13H17Cl2NO. The molecule has 2 rings (SSSR count). The van der Waals surface area contributed by atoms with Gasteiger partial charge in [0.15, 0.2) is 0 Å². The molecule has 1 aromatic carbocycles. The molecule has 0 bridgehead atoms. The van der Waals surface area contributed by atoms with E-state index in [1.807, 2.05) is 12.1 Å². The predicted molar refractivity (Wildman–Crippen MR) is 72.2 cm³/mol. The van der Waals surface area contributed by atoms with Crippen LogP contribution in [0.25, 0.3) is 0 Å². The molecule has 0 spiro atoms. The van der Waals surface area contributed by atoms with Gasteiger partial charge in [-0.15, -0.1) is 0 Å². The highest BCUT2D eigenvalue weighted by Crippen LogP contribution is 2.31. The van der Waals surface area contributed by atoms with Crippen LogP contribution in [0.2, 0.25) is 10.0 Å². The highest BCUT2D eigenvalue weighted by Gasteiger charge is 2.13. The summed E-state index contributed by atoms with van der Waals surface area (Å²) in [4.78, 5) is 0. The lowest BCUT2D eigenvalue weighted by Crippen LogP contribution is -2.30. The number of hydrogen-bond donors (Lipinski definition) is 1. The van der Waals surface area contributed by atoms with Crippen LogP contribution in [0.3, 0.4) is 0 Å². The number of halogens is 2. The third kappa shape index (κ3) is 3.77. The lowest BCUT2D eigenvalue weighted by atomic mass is 9.97. The van der Waals surface area contributed by atoms with Crippen molar-refractivity contribution in [1.82, 2.24) is 5.32 Å². The van der Waals surface area contributed by atoms with Crippen molar-refractivity contribution in [1.29, 1.82) is 0 Å². The van der Waals surface area contributed by atoms with Gasteiger partial charge in [-0.2, -0.15) is 0 Å². The van der Waals surface area contributed by atoms with E-state index in [0.29, 0.717) is 22.4 Å². The van der Waals surface area contributed by atoms with E-state index in [0.717, 1.165) is 25.4 Å². The number of ether oxygens (including phenoxy) is 1. The fourth-order valence-corrected chi connectivity index (χ4v) is 2.45. The number of benzene rings is 1. The topological polar surface area (TPSA) is 21.3 Å². The quantitative estimate of drug-likeness (QED) is 0.902. The Bertz CT molecular complexity index is 364. The second-order valence-corrected chi connectivity index (χ2v) is 5.19. The van der Waals surface area contributed by atoms with Crippen LogP contribution in [0.5, 0.6) is 5.75 Å². The van der Waals surface area contributed by atoms with Crippen molar-refractivity contribution in [3.8, 4) is 5.75 Å². The minimum atomic E-state index is 0.510. The van der Waals surface area contributed by atoms with Gasteiger partial charge in [0.1, 0.15) is 10.8 Å². The van der Waals surface area contributed by atoms with Gasteiger partial charge in [-0.1, -0.05) is 29.3 Å². The Labute approximate surface area is 112 Å². The van der Waals surface area contributed by atoms with E-state index in [1.165, 1.54) is 12.8 Å². The molecule has 1 aliphatic rings. The molecule has 1 atom stereocenters. The van der Waals surface area contributed by atoms with Gasteiger partial charge in [-0.3, -0.25) is 0 Å². The molecule has 1 aromatic rings. The molecule has 1 N–H and O–H groups in total. The monoisotopic (exact) mass is 273 g/mol. The zero-order valence-corrected chi connectivity index (χ0v) is 11.2. The minimum Gasteiger partial charge on any atom is -0.492 e. The summed E-state index contributed by atoms with van der Waals surface area (Å²) in [5.74, 6) is 1.41. The lowest BCUT2D eigenvalue weighted by molar-refractivity contribution is 0.254. The van der Waals surface area contributed by atoms with E-state index >= 15 is 0 Å². The number of hydrogen-bond acceptors (Lipinski definition) is 2. The summed E-state index contributed by atoms with van der Waals surface area (Å²) < 4.78 is 5.68. The van der Waals surface area contributed by atoms with Gasteiger partial charge in [0.2, 0.25) is 0 Å². The average molecular weight is 274 g/mol. The standard InChI is InChI=1S/C13H17Cl2NO/c14-11-4-1-5-12(13(11)15)17-8-6-10-3-2-7-16-9-10/h1,4-5,10,16H,2-3,6-9H2/t10-/m0/s1. The van der Waals surface area contributed by atoms with Crippen molar-refractivity contribution in [2.45, 2.75) is 19.3 Å². The van der Waals surface area contributed by atoms with Crippen LogP contribution < -0.4 is 10.1 Å². The zero-order valence-electron chi connectivity index (χ0n) is 9.72. The van der Waals surface area contributed by atoms with Crippen LogP contribution in [0, 0.1) is 5.92 Å². The van der Waals surface area contributed by atoms with Crippen molar-refractivity contribution in [2.75, 3.05) is 19.7 Å². The highest BCUT2D eigenvalue weighted by atomic mass is 35.5. The molecule has 1 heterocycles. The summed E-state index contributed by atoms with van der Waals surface area (Å²) in [6, 6.07) is 5.47. The van der Waals surface area contributed by atoms with Gasteiger partial charge in [0.25, 0.3) is 0 Å². The third-order valence-corrected chi connectivity index (χ3v) is 3.90. The van der Waals surface area contributed by atoms with E-state index in [4.69, 9.17) is 27.9 Å². The smallest absolute Gasteiger partial charge is 0.139 e. The molecule has 1 saturated heterocycles. The lowest BCUT2D eigenvalue weighted by Gasteiger charge is -2.22. The van der Waals surface area contributed by atoms with Crippen molar-refractivity contribution in [2.24, 2.45) is 5.92 Å². The fraction of sp³-hybridized carbons (Fsp3) is 0.538. The Morgan fingerprint density at radius 1 is 1.35 bits per heavy atom. The van der Waals surface area contributed by atoms with Crippen LogP contribution in [-0.2, 0) is 0 Å². The van der Waals surface area contributed by atoms with Crippen molar-refractivity contribution in [3.05, 3.63) is 28.2 Å². The molecule has 94 valence electrons. The summed E-state index contributed by atoms with van der Waals surface area (Å²) in [6.45, 7) is 2.95. The second kappa shape index (κ2) is 6.48. The Hall–Kier alpha value is -0.440. The predicted octanol–water partition coefficient (Wildman–Crippen LogP) is 3.76. The molecule has 4 heteroatoms. The largest absolute Gasteiger partial charge is 0.492 e. The van der Waals surface area contributed by atoms with Crippen LogP contribution in [-0.4, -0.2) is 19.7 Å².